The average Bonchev–Trinajstić information content (AvgIpc) is 3.24. The second kappa shape index (κ2) is 12.0. The molecule has 6 nitrogen and oxygen atoms in total. The Balaban J connectivity index is 1.19. The third kappa shape index (κ3) is 7.66. The van der Waals surface area contributed by atoms with Gasteiger partial charge >= 0.3 is 6.03 Å². The lowest BCUT2D eigenvalue weighted by atomic mass is 10.00. The molecule has 3 amide bonds. The summed E-state index contributed by atoms with van der Waals surface area (Å²) in [5.41, 5.74) is 1.17. The maximum absolute atomic E-state index is 13.0. The van der Waals surface area contributed by atoms with Crippen LogP contribution in [0.3, 0.4) is 0 Å². The van der Waals surface area contributed by atoms with Gasteiger partial charge in [-0.1, -0.05) is 43.9 Å². The largest absolute Gasteiger partial charge is 0.338 e. The van der Waals surface area contributed by atoms with Crippen molar-refractivity contribution in [2.24, 2.45) is 5.92 Å². The van der Waals surface area contributed by atoms with Crippen molar-refractivity contribution in [3.63, 3.8) is 0 Å². The molecule has 0 aliphatic carbocycles. The van der Waals surface area contributed by atoms with Crippen LogP contribution in [0.1, 0.15) is 55.3 Å². The third-order valence-electron chi connectivity index (χ3n) is 5.65. The molecule has 1 atom stereocenters. The van der Waals surface area contributed by atoms with Gasteiger partial charge in [0.15, 0.2) is 0 Å². The summed E-state index contributed by atoms with van der Waals surface area (Å²) in [7, 11) is 0. The van der Waals surface area contributed by atoms with Gasteiger partial charge in [-0.3, -0.25) is 4.79 Å². The van der Waals surface area contributed by atoms with Gasteiger partial charge in [-0.2, -0.15) is 4.39 Å². The number of hydrogen-bond donors (Lipinski definition) is 2. The van der Waals surface area contributed by atoms with Gasteiger partial charge in [0.2, 0.25) is 5.95 Å². The van der Waals surface area contributed by atoms with E-state index in [4.69, 9.17) is 0 Å². The monoisotopic (exact) mass is 426 g/mol. The van der Waals surface area contributed by atoms with Crippen LogP contribution in [0, 0.1) is 11.9 Å². The lowest BCUT2D eigenvalue weighted by molar-refractivity contribution is 0.0786. The lowest BCUT2D eigenvalue weighted by Gasteiger charge is -2.16. The molecule has 166 valence electrons. The van der Waals surface area contributed by atoms with E-state index < -0.39 is 5.95 Å². The number of benzene rings is 1. The highest BCUT2D eigenvalue weighted by atomic mass is 19.1. The Labute approximate surface area is 183 Å². The summed E-state index contributed by atoms with van der Waals surface area (Å²) in [6.07, 6.45) is 9.05. The normalized spacial score (nSPS) is 15.6. The molecule has 1 aromatic carbocycles. The maximum atomic E-state index is 13.0. The molecule has 0 spiro atoms. The molecule has 2 aromatic rings. The molecule has 1 aromatic heterocycles. The highest BCUT2D eigenvalue weighted by Gasteiger charge is 2.26. The number of aromatic nitrogens is 1. The Bertz CT molecular complexity index is 846. The summed E-state index contributed by atoms with van der Waals surface area (Å²) in [4.78, 5) is 29.7. The summed E-state index contributed by atoms with van der Waals surface area (Å²) < 4.78 is 13.0. The first-order valence-electron chi connectivity index (χ1n) is 11.1. The van der Waals surface area contributed by atoms with Crippen LogP contribution in [0.2, 0.25) is 0 Å². The molecule has 1 fully saturated rings. The van der Waals surface area contributed by atoms with Crippen molar-refractivity contribution < 1.29 is 14.0 Å². The average molecular weight is 427 g/mol. The van der Waals surface area contributed by atoms with Crippen LogP contribution in [0.25, 0.3) is 0 Å². The predicted octanol–water partition coefficient (Wildman–Crippen LogP) is 4.85. The standard InChI is InChI=1S/C24H31FN4O2/c25-22-17-21(12-15-26-22)28-24(31)27-14-8-3-1-2-5-9-19-13-16-29(18-19)23(30)20-10-6-4-7-11-20/h4,6-7,10-12,15,17,19H,1-3,5,8-9,13-14,16,18H2,(H2,26,27,28,31). The van der Waals surface area contributed by atoms with Crippen LogP contribution < -0.4 is 10.6 Å². The van der Waals surface area contributed by atoms with E-state index in [-0.39, 0.29) is 11.9 Å². The number of unbranched alkanes of at least 4 members (excludes halogenated alkanes) is 4. The van der Waals surface area contributed by atoms with Gasteiger partial charge in [-0.25, -0.2) is 9.78 Å². The van der Waals surface area contributed by atoms with Crippen LogP contribution in [0.5, 0.6) is 0 Å². The molecule has 2 heterocycles. The van der Waals surface area contributed by atoms with E-state index in [1.165, 1.54) is 31.5 Å². The zero-order valence-corrected chi connectivity index (χ0v) is 17.9. The maximum Gasteiger partial charge on any atom is 0.319 e. The van der Waals surface area contributed by atoms with Crippen LogP contribution in [0.15, 0.2) is 48.7 Å². The molecular weight excluding hydrogens is 395 g/mol. The second-order valence-electron chi connectivity index (χ2n) is 8.08. The minimum absolute atomic E-state index is 0.147. The molecule has 3 rings (SSSR count). The fourth-order valence-electron chi connectivity index (χ4n) is 3.96. The number of pyridine rings is 1. The molecule has 1 unspecified atom stereocenters. The number of carbonyl (C=O) groups is 2. The number of halogens is 1. The number of amides is 3. The molecule has 31 heavy (non-hydrogen) atoms. The Morgan fingerprint density at radius 3 is 2.65 bits per heavy atom. The summed E-state index contributed by atoms with van der Waals surface area (Å²) in [6, 6.07) is 11.9. The lowest BCUT2D eigenvalue weighted by Crippen LogP contribution is -2.29. The van der Waals surface area contributed by atoms with Gasteiger partial charge in [0.1, 0.15) is 0 Å². The summed E-state index contributed by atoms with van der Waals surface area (Å²) >= 11 is 0. The number of rotatable bonds is 10. The van der Waals surface area contributed by atoms with Gasteiger partial charge < -0.3 is 15.5 Å². The Hall–Kier alpha value is -2.96. The van der Waals surface area contributed by atoms with Crippen LogP contribution in [-0.4, -0.2) is 41.5 Å². The molecule has 2 N–H and O–H groups in total. The van der Waals surface area contributed by atoms with E-state index in [1.807, 2.05) is 35.2 Å². The molecule has 1 saturated heterocycles. The third-order valence-corrected chi connectivity index (χ3v) is 5.65. The van der Waals surface area contributed by atoms with E-state index >= 15 is 0 Å². The van der Waals surface area contributed by atoms with E-state index in [9.17, 15) is 14.0 Å². The number of anilines is 1. The van der Waals surface area contributed by atoms with Crippen LogP contribution in [0.4, 0.5) is 14.9 Å². The SMILES string of the molecule is O=C(NCCCCCCCC1CCN(C(=O)c2ccccc2)C1)Nc1ccnc(F)c1. The quantitative estimate of drug-likeness (QED) is 0.421. The number of likely N-dealkylation sites (tertiary alicyclic amines) is 1. The fraction of sp³-hybridized carbons (Fsp3) is 0.458. The Morgan fingerprint density at radius 1 is 1.06 bits per heavy atom. The van der Waals surface area contributed by atoms with E-state index in [0.29, 0.717) is 18.2 Å². The first-order valence-corrected chi connectivity index (χ1v) is 11.1. The van der Waals surface area contributed by atoms with Crippen LogP contribution in [-0.2, 0) is 0 Å². The Kier molecular flexibility index (Phi) is 8.82. The Morgan fingerprint density at radius 2 is 1.84 bits per heavy atom. The fourth-order valence-corrected chi connectivity index (χ4v) is 3.96. The van der Waals surface area contributed by atoms with E-state index in [1.54, 1.807) is 6.07 Å². The first kappa shape index (κ1) is 22.7. The topological polar surface area (TPSA) is 74.3 Å². The minimum Gasteiger partial charge on any atom is -0.338 e. The number of urea groups is 1. The molecule has 1 aliphatic heterocycles. The highest BCUT2D eigenvalue weighted by Crippen LogP contribution is 2.24. The first-order chi connectivity index (χ1) is 15.1. The van der Waals surface area contributed by atoms with Gasteiger partial charge in [0.25, 0.3) is 5.91 Å². The highest BCUT2D eigenvalue weighted by molar-refractivity contribution is 5.94. The van der Waals surface area contributed by atoms with E-state index in [0.717, 1.165) is 44.3 Å². The number of nitrogens with zero attached hydrogens (tertiary/aromatic N) is 2. The van der Waals surface area contributed by atoms with Gasteiger partial charge in [0, 0.05) is 43.1 Å². The molecule has 1 aliphatic rings. The van der Waals surface area contributed by atoms with Crippen LogP contribution >= 0.6 is 0 Å². The molecule has 0 radical (unpaired) electrons. The zero-order chi connectivity index (χ0) is 21.9. The zero-order valence-electron chi connectivity index (χ0n) is 17.9. The molecule has 7 heteroatoms. The minimum atomic E-state index is -0.620. The number of carbonyl (C=O) groups excluding carboxylic acids is 2. The van der Waals surface area contributed by atoms with Crippen molar-refractivity contribution in [2.75, 3.05) is 25.0 Å². The summed E-state index contributed by atoms with van der Waals surface area (Å²) in [6.45, 7) is 2.32. The number of nitrogens with one attached hydrogen (secondary N) is 2. The van der Waals surface area contributed by atoms with Gasteiger partial charge in [0.05, 0.1) is 0 Å². The van der Waals surface area contributed by atoms with E-state index in [2.05, 4.69) is 15.6 Å². The van der Waals surface area contributed by atoms with Crippen molar-refractivity contribution in [2.45, 2.75) is 44.9 Å². The van der Waals surface area contributed by atoms with Crippen molar-refractivity contribution >= 4 is 17.6 Å². The van der Waals surface area contributed by atoms with Crippen molar-refractivity contribution in [1.82, 2.24) is 15.2 Å². The molecule has 0 bridgehead atoms. The van der Waals surface area contributed by atoms with Crippen molar-refractivity contribution in [3.8, 4) is 0 Å². The van der Waals surface area contributed by atoms with Gasteiger partial charge in [-0.15, -0.1) is 0 Å². The number of hydrogen-bond acceptors (Lipinski definition) is 3. The molecular formula is C24H31FN4O2. The van der Waals surface area contributed by atoms with Crippen molar-refractivity contribution in [1.29, 1.82) is 0 Å². The summed E-state index contributed by atoms with van der Waals surface area (Å²) in [5.74, 6) is 0.135. The molecule has 0 saturated carbocycles. The van der Waals surface area contributed by atoms with Gasteiger partial charge in [-0.05, 0) is 43.4 Å². The smallest absolute Gasteiger partial charge is 0.319 e. The predicted molar refractivity (Wildman–Crippen MR) is 119 cm³/mol. The second-order valence-corrected chi connectivity index (χ2v) is 8.08. The summed E-state index contributed by atoms with van der Waals surface area (Å²) in [5, 5.41) is 5.37. The van der Waals surface area contributed by atoms with Crippen molar-refractivity contribution in [3.05, 3.63) is 60.2 Å².